The van der Waals surface area contributed by atoms with Gasteiger partial charge in [0, 0.05) is 20.6 Å². The lowest BCUT2D eigenvalue weighted by atomic mass is 10.2. The van der Waals surface area contributed by atoms with E-state index in [0.717, 1.165) is 20.6 Å². The molecule has 21 heavy (non-hydrogen) atoms. The van der Waals surface area contributed by atoms with Crippen molar-refractivity contribution in [1.29, 1.82) is 0 Å². The van der Waals surface area contributed by atoms with Crippen LogP contribution in [0.15, 0.2) is 30.3 Å². The van der Waals surface area contributed by atoms with Gasteiger partial charge < -0.3 is 4.57 Å². The predicted molar refractivity (Wildman–Crippen MR) is 94.7 cm³/mol. The Hall–Kier alpha value is -0.490. The van der Waals surface area contributed by atoms with Crippen molar-refractivity contribution < 1.29 is 9.36 Å². The van der Waals surface area contributed by atoms with Crippen LogP contribution in [0.4, 0.5) is 0 Å². The summed E-state index contributed by atoms with van der Waals surface area (Å²) in [4.78, 5) is 12.1. The van der Waals surface area contributed by atoms with E-state index in [1.54, 1.807) is 6.07 Å². The Morgan fingerprint density at radius 2 is 1.81 bits per heavy atom. The summed E-state index contributed by atoms with van der Waals surface area (Å²) in [5.74, 6) is -4.20. The molecule has 4 nitrogen and oxygen atoms in total. The standard InChI is InChI=1S/C13H12Cl2IN2O2P/c1-8-7-12(13(19)17-21(14,15)20)9(2)18(8)11-5-3-10(16)4-6-11/h3-7H,1-2H3,(H,17,19,20). The first-order chi connectivity index (χ1) is 9.69. The van der Waals surface area contributed by atoms with Gasteiger partial charge in [0.25, 0.3) is 5.91 Å². The first kappa shape index (κ1) is 16.9. The number of nitrogens with zero attached hydrogens (tertiary/aromatic N) is 1. The highest BCUT2D eigenvalue weighted by atomic mass is 127. The average Bonchev–Trinajstić information content (AvgIpc) is 2.64. The van der Waals surface area contributed by atoms with E-state index in [9.17, 15) is 9.36 Å². The fourth-order valence-electron chi connectivity index (χ4n) is 2.16. The minimum absolute atomic E-state index is 0.396. The van der Waals surface area contributed by atoms with Crippen LogP contribution in [0.1, 0.15) is 21.7 Å². The molecule has 1 heterocycles. The van der Waals surface area contributed by atoms with Crippen LogP contribution in [0.25, 0.3) is 5.69 Å². The van der Waals surface area contributed by atoms with Crippen LogP contribution in [0.2, 0.25) is 0 Å². The van der Waals surface area contributed by atoms with E-state index in [1.807, 2.05) is 42.7 Å². The largest absolute Gasteiger partial charge is 0.345 e. The fraction of sp³-hybridized carbons (Fsp3) is 0.154. The first-order valence-electron chi connectivity index (χ1n) is 5.96. The molecule has 0 saturated heterocycles. The summed E-state index contributed by atoms with van der Waals surface area (Å²) in [6, 6.07) is 9.63. The summed E-state index contributed by atoms with van der Waals surface area (Å²) in [6.07, 6.45) is 0. The van der Waals surface area contributed by atoms with Gasteiger partial charge in [0.15, 0.2) is 0 Å². The minimum atomic E-state index is -3.66. The van der Waals surface area contributed by atoms with Gasteiger partial charge in [-0.2, -0.15) is 0 Å². The van der Waals surface area contributed by atoms with Gasteiger partial charge in [-0.3, -0.25) is 14.4 Å². The van der Waals surface area contributed by atoms with E-state index < -0.39 is 11.9 Å². The highest BCUT2D eigenvalue weighted by Gasteiger charge is 2.22. The van der Waals surface area contributed by atoms with Gasteiger partial charge in [-0.1, -0.05) is 0 Å². The van der Waals surface area contributed by atoms with Crippen molar-refractivity contribution in [2.24, 2.45) is 0 Å². The quantitative estimate of drug-likeness (QED) is 0.521. The third-order valence-electron chi connectivity index (χ3n) is 2.99. The number of hydrogen-bond donors (Lipinski definition) is 1. The number of nitrogens with one attached hydrogen (secondary N) is 1. The zero-order valence-corrected chi connectivity index (χ0v) is 15.8. The molecular formula is C13H12Cl2IN2O2P. The third-order valence-corrected chi connectivity index (χ3v) is 4.68. The highest BCUT2D eigenvalue weighted by Crippen LogP contribution is 2.52. The maximum Gasteiger partial charge on any atom is 0.345 e. The van der Waals surface area contributed by atoms with Crippen molar-refractivity contribution in [3.63, 3.8) is 0 Å². The Labute approximate surface area is 146 Å². The van der Waals surface area contributed by atoms with E-state index in [1.165, 1.54) is 0 Å². The van der Waals surface area contributed by atoms with Gasteiger partial charge in [-0.05, 0) is 89.3 Å². The van der Waals surface area contributed by atoms with Gasteiger partial charge in [0.05, 0.1) is 5.56 Å². The van der Waals surface area contributed by atoms with Crippen LogP contribution in [0.3, 0.4) is 0 Å². The second-order valence-corrected chi connectivity index (χ2v) is 10.3. The second kappa shape index (κ2) is 6.32. The van der Waals surface area contributed by atoms with Gasteiger partial charge in [0.2, 0.25) is 0 Å². The second-order valence-electron chi connectivity index (χ2n) is 4.50. The van der Waals surface area contributed by atoms with Crippen molar-refractivity contribution in [3.05, 3.63) is 50.9 Å². The number of amides is 1. The molecule has 0 saturated carbocycles. The van der Waals surface area contributed by atoms with E-state index in [0.29, 0.717) is 5.56 Å². The number of carbonyl (C=O) groups is 1. The molecule has 1 aromatic carbocycles. The van der Waals surface area contributed by atoms with Crippen molar-refractivity contribution in [1.82, 2.24) is 9.65 Å². The molecule has 1 N–H and O–H groups in total. The Kier molecular flexibility index (Phi) is 5.08. The molecule has 0 unspecified atom stereocenters. The Morgan fingerprint density at radius 1 is 1.24 bits per heavy atom. The molecule has 0 aliphatic carbocycles. The fourth-order valence-corrected chi connectivity index (χ4v) is 3.34. The predicted octanol–water partition coefficient (Wildman–Crippen LogP) is 5.01. The smallest absolute Gasteiger partial charge is 0.318 e. The van der Waals surface area contributed by atoms with Gasteiger partial charge in [-0.25, -0.2) is 0 Å². The maximum absolute atomic E-state index is 12.1. The monoisotopic (exact) mass is 456 g/mol. The molecule has 0 aliphatic heterocycles. The Bertz CT molecular complexity index is 737. The van der Waals surface area contributed by atoms with Crippen LogP contribution in [-0.2, 0) is 4.57 Å². The lowest BCUT2D eigenvalue weighted by Gasteiger charge is -2.10. The lowest BCUT2D eigenvalue weighted by Crippen LogP contribution is -2.17. The van der Waals surface area contributed by atoms with Gasteiger partial charge in [-0.15, -0.1) is 0 Å². The van der Waals surface area contributed by atoms with Crippen molar-refractivity contribution in [3.8, 4) is 5.69 Å². The highest BCUT2D eigenvalue weighted by molar-refractivity contribution is 14.1. The summed E-state index contributed by atoms with van der Waals surface area (Å²) in [7, 11) is 0. The van der Waals surface area contributed by atoms with Crippen molar-refractivity contribution in [2.75, 3.05) is 0 Å². The molecule has 0 bridgehead atoms. The van der Waals surface area contributed by atoms with E-state index in [-0.39, 0.29) is 0 Å². The number of carbonyl (C=O) groups excluding carboxylic acids is 1. The van der Waals surface area contributed by atoms with Crippen molar-refractivity contribution >= 4 is 57.0 Å². The number of halogens is 3. The number of hydrogen-bond acceptors (Lipinski definition) is 2. The number of aryl methyl sites for hydroxylation is 1. The SMILES string of the molecule is Cc1cc(C(=O)NP(=O)(Cl)Cl)c(C)n1-c1ccc(I)cc1. The normalized spacial score (nSPS) is 11.5. The summed E-state index contributed by atoms with van der Waals surface area (Å²) in [6.45, 7) is 3.70. The Balaban J connectivity index is 2.45. The number of aromatic nitrogens is 1. The molecule has 0 fully saturated rings. The molecule has 0 aliphatic rings. The van der Waals surface area contributed by atoms with Crippen LogP contribution in [-0.4, -0.2) is 10.5 Å². The van der Waals surface area contributed by atoms with Crippen molar-refractivity contribution in [2.45, 2.75) is 13.8 Å². The zero-order valence-electron chi connectivity index (χ0n) is 11.2. The van der Waals surface area contributed by atoms with Gasteiger partial charge >= 0.3 is 6.00 Å². The number of rotatable bonds is 3. The molecule has 1 aromatic heterocycles. The molecule has 2 rings (SSSR count). The maximum atomic E-state index is 12.1. The number of benzene rings is 1. The topological polar surface area (TPSA) is 51.1 Å². The lowest BCUT2D eigenvalue weighted by molar-refractivity contribution is 0.0981. The molecule has 0 spiro atoms. The molecule has 1 amide bonds. The summed E-state index contributed by atoms with van der Waals surface area (Å²) >= 11 is 13.0. The molecular weight excluding hydrogens is 445 g/mol. The Morgan fingerprint density at radius 3 is 2.33 bits per heavy atom. The molecule has 0 atom stereocenters. The average molecular weight is 457 g/mol. The first-order valence-corrected chi connectivity index (χ1v) is 10.6. The van der Waals surface area contributed by atoms with Crippen LogP contribution < -0.4 is 5.09 Å². The summed E-state index contributed by atoms with van der Waals surface area (Å²) < 4.78 is 14.4. The third kappa shape index (κ3) is 4.03. The van der Waals surface area contributed by atoms with Gasteiger partial charge in [0.1, 0.15) is 0 Å². The minimum Gasteiger partial charge on any atom is -0.318 e. The van der Waals surface area contributed by atoms with E-state index >= 15 is 0 Å². The molecule has 8 heteroatoms. The molecule has 2 aromatic rings. The van der Waals surface area contributed by atoms with Crippen LogP contribution >= 0.6 is 51.1 Å². The molecule has 112 valence electrons. The summed E-state index contributed by atoms with van der Waals surface area (Å²) in [5, 5.41) is 2.11. The van der Waals surface area contributed by atoms with E-state index in [2.05, 4.69) is 27.7 Å². The van der Waals surface area contributed by atoms with Crippen LogP contribution in [0.5, 0.6) is 0 Å². The van der Waals surface area contributed by atoms with Crippen LogP contribution in [0, 0.1) is 17.4 Å². The molecule has 0 radical (unpaired) electrons. The summed E-state index contributed by atoms with van der Waals surface area (Å²) in [5.41, 5.74) is 2.96. The zero-order chi connectivity index (χ0) is 15.8. The van der Waals surface area contributed by atoms with E-state index in [4.69, 9.17) is 22.5 Å².